The predicted molar refractivity (Wildman–Crippen MR) is 86.2 cm³/mol. The Morgan fingerprint density at radius 2 is 2.10 bits per heavy atom. The average molecular weight is 313 g/mol. The molecule has 20 heavy (non-hydrogen) atoms. The van der Waals surface area contributed by atoms with Gasteiger partial charge in [0, 0.05) is 16.6 Å². The minimum atomic E-state index is -0.170. The van der Waals surface area contributed by atoms with Gasteiger partial charge in [0.2, 0.25) is 5.91 Å². The van der Waals surface area contributed by atoms with Gasteiger partial charge in [-0.25, -0.2) is 0 Å². The molecule has 3 nitrogen and oxygen atoms in total. The maximum atomic E-state index is 12.2. The van der Waals surface area contributed by atoms with Crippen LogP contribution in [0.15, 0.2) is 23.1 Å². The van der Waals surface area contributed by atoms with Crippen LogP contribution in [-0.4, -0.2) is 17.2 Å². The van der Waals surface area contributed by atoms with Crippen molar-refractivity contribution < 1.29 is 4.79 Å². The van der Waals surface area contributed by atoms with E-state index in [-0.39, 0.29) is 11.2 Å². The van der Waals surface area contributed by atoms with E-state index in [2.05, 4.69) is 5.32 Å². The van der Waals surface area contributed by atoms with Crippen molar-refractivity contribution in [3.05, 3.63) is 23.2 Å². The van der Waals surface area contributed by atoms with Crippen LogP contribution in [0.3, 0.4) is 0 Å². The highest BCUT2D eigenvalue weighted by Crippen LogP contribution is 2.32. The first-order valence-corrected chi connectivity index (χ1v) is 8.34. The number of nitrogens with two attached hydrogens (primary N) is 1. The molecule has 0 aromatic heterocycles. The topological polar surface area (TPSA) is 55.1 Å². The molecule has 1 aliphatic rings. The number of benzene rings is 1. The first-order chi connectivity index (χ1) is 9.56. The second kappa shape index (κ2) is 7.23. The summed E-state index contributed by atoms with van der Waals surface area (Å²) in [6.07, 6.45) is 5.92. The molecule has 5 heteroatoms. The van der Waals surface area contributed by atoms with Gasteiger partial charge in [0.15, 0.2) is 0 Å². The lowest BCUT2D eigenvalue weighted by atomic mass is 9.95. The number of amides is 1. The number of anilines is 1. The summed E-state index contributed by atoms with van der Waals surface area (Å²) in [5, 5.41) is 3.61. The first-order valence-electron chi connectivity index (χ1n) is 7.08. The quantitative estimate of drug-likeness (QED) is 0.656. The first kappa shape index (κ1) is 15.5. The third kappa shape index (κ3) is 4.32. The molecular weight excluding hydrogens is 292 g/mol. The van der Waals surface area contributed by atoms with Gasteiger partial charge in [0.25, 0.3) is 0 Å². The van der Waals surface area contributed by atoms with Crippen LogP contribution in [0.1, 0.15) is 39.0 Å². The monoisotopic (exact) mass is 312 g/mol. The molecular formula is C15H21ClN2OS. The molecule has 0 spiro atoms. The van der Waals surface area contributed by atoms with Crippen molar-refractivity contribution in [1.29, 1.82) is 0 Å². The molecule has 3 N–H and O–H groups in total. The second-order valence-electron chi connectivity index (χ2n) is 5.29. The van der Waals surface area contributed by atoms with Gasteiger partial charge in [-0.15, -0.1) is 11.8 Å². The van der Waals surface area contributed by atoms with E-state index in [0.717, 1.165) is 17.7 Å². The Labute approximate surface area is 129 Å². The molecule has 0 heterocycles. The van der Waals surface area contributed by atoms with Crippen LogP contribution in [-0.2, 0) is 4.79 Å². The molecule has 1 amide bonds. The maximum absolute atomic E-state index is 12.2. The normalized spacial score (nSPS) is 17.7. The van der Waals surface area contributed by atoms with Crippen LogP contribution < -0.4 is 11.1 Å². The van der Waals surface area contributed by atoms with Crippen molar-refractivity contribution in [1.82, 2.24) is 5.32 Å². The van der Waals surface area contributed by atoms with Crippen LogP contribution in [0.5, 0.6) is 0 Å². The highest BCUT2D eigenvalue weighted by molar-refractivity contribution is 8.00. The SMILES string of the molecule is CC(Sc1cc(N)ccc1Cl)C(=O)NC1CCCCC1. The fourth-order valence-corrected chi connectivity index (χ4v) is 3.61. The summed E-state index contributed by atoms with van der Waals surface area (Å²) >= 11 is 7.59. The second-order valence-corrected chi connectivity index (χ2v) is 7.08. The zero-order valence-electron chi connectivity index (χ0n) is 11.7. The molecule has 0 bridgehead atoms. The summed E-state index contributed by atoms with van der Waals surface area (Å²) < 4.78 is 0. The van der Waals surface area contributed by atoms with Crippen molar-refractivity contribution in [2.45, 2.75) is 55.2 Å². The van der Waals surface area contributed by atoms with E-state index in [1.807, 2.05) is 13.0 Å². The Morgan fingerprint density at radius 1 is 1.40 bits per heavy atom. The summed E-state index contributed by atoms with van der Waals surface area (Å²) in [5.41, 5.74) is 6.42. The third-order valence-electron chi connectivity index (χ3n) is 3.58. The lowest BCUT2D eigenvalue weighted by Crippen LogP contribution is -2.40. The van der Waals surface area contributed by atoms with Crippen LogP contribution >= 0.6 is 23.4 Å². The van der Waals surface area contributed by atoms with E-state index >= 15 is 0 Å². The number of nitrogen functional groups attached to an aromatic ring is 1. The fraction of sp³-hybridized carbons (Fsp3) is 0.533. The van der Waals surface area contributed by atoms with Gasteiger partial charge in [-0.3, -0.25) is 4.79 Å². The summed E-state index contributed by atoms with van der Waals surface area (Å²) in [7, 11) is 0. The number of thioether (sulfide) groups is 1. The lowest BCUT2D eigenvalue weighted by molar-refractivity contribution is -0.121. The molecule has 1 fully saturated rings. The van der Waals surface area contributed by atoms with Gasteiger partial charge in [0.05, 0.1) is 10.3 Å². The summed E-state index contributed by atoms with van der Waals surface area (Å²) in [4.78, 5) is 13.1. The number of halogens is 1. The Morgan fingerprint density at radius 3 is 2.80 bits per heavy atom. The Hall–Kier alpha value is -0.870. The Bertz CT molecular complexity index is 475. The zero-order chi connectivity index (χ0) is 14.5. The lowest BCUT2D eigenvalue weighted by Gasteiger charge is -2.24. The summed E-state index contributed by atoms with van der Waals surface area (Å²) in [5.74, 6) is 0.0837. The molecule has 1 aliphatic carbocycles. The number of nitrogens with one attached hydrogen (secondary N) is 1. The van der Waals surface area contributed by atoms with Gasteiger partial charge < -0.3 is 11.1 Å². The fourth-order valence-electron chi connectivity index (χ4n) is 2.42. The Balaban J connectivity index is 1.91. The van der Waals surface area contributed by atoms with Gasteiger partial charge in [0.1, 0.15) is 0 Å². The van der Waals surface area contributed by atoms with Crippen LogP contribution in [0, 0.1) is 0 Å². The van der Waals surface area contributed by atoms with E-state index in [4.69, 9.17) is 17.3 Å². The van der Waals surface area contributed by atoms with Gasteiger partial charge in [-0.2, -0.15) is 0 Å². The third-order valence-corrected chi connectivity index (χ3v) is 5.18. The number of hydrogen-bond acceptors (Lipinski definition) is 3. The summed E-state index contributed by atoms with van der Waals surface area (Å²) in [6, 6.07) is 5.69. The molecule has 0 saturated heterocycles. The van der Waals surface area contributed by atoms with Crippen LogP contribution in [0.4, 0.5) is 5.69 Å². The molecule has 1 aromatic rings. The van der Waals surface area contributed by atoms with Crippen molar-refractivity contribution in [3.63, 3.8) is 0 Å². The van der Waals surface area contributed by atoms with E-state index in [9.17, 15) is 4.79 Å². The van der Waals surface area contributed by atoms with E-state index in [1.165, 1.54) is 31.0 Å². The molecule has 110 valence electrons. The number of rotatable bonds is 4. The summed E-state index contributed by atoms with van der Waals surface area (Å²) in [6.45, 7) is 1.91. The number of carbonyl (C=O) groups excluding carboxylic acids is 1. The van der Waals surface area contributed by atoms with Crippen molar-refractivity contribution >= 4 is 35.0 Å². The minimum absolute atomic E-state index is 0.0837. The zero-order valence-corrected chi connectivity index (χ0v) is 13.3. The number of hydrogen-bond donors (Lipinski definition) is 2. The number of carbonyl (C=O) groups is 1. The molecule has 2 rings (SSSR count). The minimum Gasteiger partial charge on any atom is -0.399 e. The molecule has 0 aliphatic heterocycles. The molecule has 1 saturated carbocycles. The van der Waals surface area contributed by atoms with Crippen molar-refractivity contribution in [2.75, 3.05) is 5.73 Å². The van der Waals surface area contributed by atoms with Crippen molar-refractivity contribution in [3.8, 4) is 0 Å². The van der Waals surface area contributed by atoms with E-state index in [0.29, 0.717) is 16.8 Å². The average Bonchev–Trinajstić information content (AvgIpc) is 2.44. The van der Waals surface area contributed by atoms with Gasteiger partial charge in [-0.1, -0.05) is 30.9 Å². The van der Waals surface area contributed by atoms with Crippen LogP contribution in [0.25, 0.3) is 0 Å². The van der Waals surface area contributed by atoms with Crippen molar-refractivity contribution in [2.24, 2.45) is 0 Å². The maximum Gasteiger partial charge on any atom is 0.233 e. The highest BCUT2D eigenvalue weighted by atomic mass is 35.5. The highest BCUT2D eigenvalue weighted by Gasteiger charge is 2.21. The standard InChI is InChI=1S/C15H21ClN2OS/c1-10(15(19)18-12-5-3-2-4-6-12)20-14-9-11(17)7-8-13(14)16/h7-10,12H,2-6,17H2,1H3,(H,18,19). The van der Waals surface area contributed by atoms with Crippen LogP contribution in [0.2, 0.25) is 5.02 Å². The van der Waals surface area contributed by atoms with E-state index in [1.54, 1.807) is 12.1 Å². The molecule has 1 atom stereocenters. The molecule has 1 unspecified atom stereocenters. The smallest absolute Gasteiger partial charge is 0.233 e. The largest absolute Gasteiger partial charge is 0.399 e. The van der Waals surface area contributed by atoms with Gasteiger partial charge in [-0.05, 0) is 38.0 Å². The molecule has 1 aromatic carbocycles. The predicted octanol–water partition coefficient (Wildman–Crippen LogP) is 3.85. The van der Waals surface area contributed by atoms with Gasteiger partial charge >= 0.3 is 0 Å². The molecule has 0 radical (unpaired) electrons. The Kier molecular flexibility index (Phi) is 5.61. The van der Waals surface area contributed by atoms with E-state index < -0.39 is 0 Å².